The summed E-state index contributed by atoms with van der Waals surface area (Å²) in [5.74, 6) is 0.328. The second-order valence-corrected chi connectivity index (χ2v) is 10.7. The van der Waals surface area contributed by atoms with Gasteiger partial charge in [0, 0.05) is 37.9 Å². The Kier molecular flexibility index (Phi) is 9.94. The van der Waals surface area contributed by atoms with Gasteiger partial charge in [-0.1, -0.05) is 13.3 Å². The first-order chi connectivity index (χ1) is 17.2. The molecule has 1 aliphatic heterocycles. The van der Waals surface area contributed by atoms with E-state index in [9.17, 15) is 23.4 Å². The van der Waals surface area contributed by atoms with Crippen molar-refractivity contribution in [2.75, 3.05) is 51.3 Å². The Morgan fingerprint density at radius 2 is 1.83 bits per heavy atom. The molecule has 36 heavy (non-hydrogen) atoms. The standard InChI is InChI=1S/C25H35N3O7S/c1-3-4-13-27(17-25(31)34-2)20-5-11-24(12-6-20)36(32,33)28-15-19(16-28)26-14-22(30)18-35-23-9-7-21(29)8-10-23/h5-12,19,22,26,29-30H,3-4,13-18H2,1-2H3. The molecule has 0 saturated carbocycles. The van der Waals surface area contributed by atoms with Crippen molar-refractivity contribution in [3.8, 4) is 11.5 Å². The topological polar surface area (TPSA) is 129 Å². The zero-order chi connectivity index (χ0) is 26.1. The van der Waals surface area contributed by atoms with Crippen molar-refractivity contribution in [2.24, 2.45) is 0 Å². The molecule has 1 saturated heterocycles. The van der Waals surface area contributed by atoms with Crippen LogP contribution in [0.15, 0.2) is 53.4 Å². The van der Waals surface area contributed by atoms with E-state index in [1.54, 1.807) is 36.4 Å². The summed E-state index contributed by atoms with van der Waals surface area (Å²) in [6, 6.07) is 12.7. The first-order valence-corrected chi connectivity index (χ1v) is 13.4. The lowest BCUT2D eigenvalue weighted by atomic mass is 10.2. The van der Waals surface area contributed by atoms with E-state index in [1.165, 1.54) is 23.5 Å². The van der Waals surface area contributed by atoms with E-state index in [0.29, 0.717) is 25.4 Å². The fourth-order valence-electron chi connectivity index (χ4n) is 3.71. The zero-order valence-electron chi connectivity index (χ0n) is 20.7. The van der Waals surface area contributed by atoms with Gasteiger partial charge in [0.1, 0.15) is 30.8 Å². The molecule has 0 radical (unpaired) electrons. The van der Waals surface area contributed by atoms with E-state index >= 15 is 0 Å². The van der Waals surface area contributed by atoms with Crippen LogP contribution in [0.2, 0.25) is 0 Å². The second kappa shape index (κ2) is 12.9. The monoisotopic (exact) mass is 521 g/mol. The summed E-state index contributed by atoms with van der Waals surface area (Å²) in [6.45, 7) is 3.79. The molecule has 10 nitrogen and oxygen atoms in total. The highest BCUT2D eigenvalue weighted by atomic mass is 32.2. The molecule has 1 fully saturated rings. The number of aliphatic hydroxyl groups is 1. The molecule has 0 aromatic heterocycles. The van der Waals surface area contributed by atoms with Crippen LogP contribution in [-0.4, -0.2) is 87.5 Å². The summed E-state index contributed by atoms with van der Waals surface area (Å²) in [4.78, 5) is 13.8. The number of anilines is 1. The molecule has 0 bridgehead atoms. The average Bonchev–Trinajstić information content (AvgIpc) is 2.85. The number of aliphatic hydroxyl groups excluding tert-OH is 1. The third kappa shape index (κ3) is 7.57. The van der Waals surface area contributed by atoms with Gasteiger partial charge in [-0.05, 0) is 55.0 Å². The largest absolute Gasteiger partial charge is 0.508 e. The molecule has 2 aromatic carbocycles. The Morgan fingerprint density at radius 3 is 2.44 bits per heavy atom. The van der Waals surface area contributed by atoms with Gasteiger partial charge in [0.25, 0.3) is 0 Å². The summed E-state index contributed by atoms with van der Waals surface area (Å²) in [7, 11) is -2.29. The van der Waals surface area contributed by atoms with Crippen molar-refractivity contribution in [1.82, 2.24) is 9.62 Å². The first-order valence-electron chi connectivity index (χ1n) is 12.0. The highest BCUT2D eigenvalue weighted by Crippen LogP contribution is 2.24. The van der Waals surface area contributed by atoms with E-state index < -0.39 is 16.1 Å². The number of esters is 1. The molecule has 3 N–H and O–H groups in total. The molecule has 0 spiro atoms. The van der Waals surface area contributed by atoms with Crippen LogP contribution in [0.25, 0.3) is 0 Å². The minimum absolute atomic E-state index is 0.0630. The Morgan fingerprint density at radius 1 is 1.17 bits per heavy atom. The molecule has 0 amide bonds. The fraction of sp³-hybridized carbons (Fsp3) is 0.480. The predicted octanol–water partition coefficient (Wildman–Crippen LogP) is 1.57. The van der Waals surface area contributed by atoms with Crippen LogP contribution in [0, 0.1) is 0 Å². The quantitative estimate of drug-likeness (QED) is 0.317. The molecule has 198 valence electrons. The van der Waals surface area contributed by atoms with Crippen LogP contribution in [0.4, 0.5) is 5.69 Å². The number of carbonyl (C=O) groups is 1. The summed E-state index contributed by atoms with van der Waals surface area (Å²) in [5, 5.41) is 22.6. The van der Waals surface area contributed by atoms with Gasteiger partial charge >= 0.3 is 5.97 Å². The lowest BCUT2D eigenvalue weighted by Gasteiger charge is -2.39. The normalized spacial score (nSPS) is 15.2. The van der Waals surface area contributed by atoms with Crippen LogP contribution >= 0.6 is 0 Å². The summed E-state index contributed by atoms with van der Waals surface area (Å²) in [6.07, 6.45) is 1.10. The number of unbranched alkanes of at least 4 members (excludes halogenated alkanes) is 1. The van der Waals surface area contributed by atoms with Crippen LogP contribution < -0.4 is 15.0 Å². The Labute approximate surface area is 212 Å². The maximum absolute atomic E-state index is 13.0. The fourth-order valence-corrected chi connectivity index (χ4v) is 5.24. The summed E-state index contributed by atoms with van der Waals surface area (Å²) < 4.78 is 37.6. The average molecular weight is 522 g/mol. The highest BCUT2D eigenvalue weighted by Gasteiger charge is 2.36. The van der Waals surface area contributed by atoms with Crippen LogP contribution in [0.3, 0.4) is 0 Å². The van der Waals surface area contributed by atoms with E-state index in [0.717, 1.165) is 18.5 Å². The number of rotatable bonds is 14. The molecule has 3 rings (SSSR count). The molecule has 1 aliphatic rings. The van der Waals surface area contributed by atoms with Crippen molar-refractivity contribution in [1.29, 1.82) is 0 Å². The van der Waals surface area contributed by atoms with Gasteiger partial charge in [-0.3, -0.25) is 4.79 Å². The smallest absolute Gasteiger partial charge is 0.325 e. The van der Waals surface area contributed by atoms with E-state index in [4.69, 9.17) is 9.47 Å². The van der Waals surface area contributed by atoms with Gasteiger partial charge in [-0.25, -0.2) is 8.42 Å². The number of sulfonamides is 1. The predicted molar refractivity (Wildman–Crippen MR) is 136 cm³/mol. The highest BCUT2D eigenvalue weighted by molar-refractivity contribution is 7.89. The van der Waals surface area contributed by atoms with Gasteiger partial charge in [-0.2, -0.15) is 4.31 Å². The first kappa shape index (κ1) is 27.7. The van der Waals surface area contributed by atoms with Crippen LogP contribution in [0.1, 0.15) is 19.8 Å². The van der Waals surface area contributed by atoms with Gasteiger partial charge in [0.2, 0.25) is 10.0 Å². The third-order valence-electron chi connectivity index (χ3n) is 5.94. The molecule has 1 unspecified atom stereocenters. The van der Waals surface area contributed by atoms with Crippen molar-refractivity contribution in [2.45, 2.75) is 36.8 Å². The Balaban J connectivity index is 1.47. The minimum Gasteiger partial charge on any atom is -0.508 e. The molecular weight excluding hydrogens is 486 g/mol. The maximum Gasteiger partial charge on any atom is 0.325 e. The molecule has 2 aromatic rings. The van der Waals surface area contributed by atoms with Crippen molar-refractivity contribution in [3.05, 3.63) is 48.5 Å². The Hall–Kier alpha value is -2.86. The number of methoxy groups -OCH3 is 1. The number of carbonyl (C=O) groups excluding carboxylic acids is 1. The van der Waals surface area contributed by atoms with E-state index in [-0.39, 0.29) is 42.4 Å². The second-order valence-electron chi connectivity index (χ2n) is 8.73. The molecular formula is C25H35N3O7S. The van der Waals surface area contributed by atoms with E-state index in [2.05, 4.69) is 12.2 Å². The number of aromatic hydroxyl groups is 1. The number of phenolic OH excluding ortho intramolecular Hbond substituents is 1. The lowest BCUT2D eigenvalue weighted by molar-refractivity contribution is -0.138. The number of ether oxygens (including phenoxy) is 2. The maximum atomic E-state index is 13.0. The van der Waals surface area contributed by atoms with Crippen molar-refractivity contribution >= 4 is 21.7 Å². The van der Waals surface area contributed by atoms with Crippen LogP contribution in [0.5, 0.6) is 11.5 Å². The number of benzene rings is 2. The Bertz CT molecular complexity index is 1070. The summed E-state index contributed by atoms with van der Waals surface area (Å²) >= 11 is 0. The number of nitrogens with zero attached hydrogens (tertiary/aromatic N) is 2. The van der Waals surface area contributed by atoms with Gasteiger partial charge in [0.05, 0.1) is 12.0 Å². The van der Waals surface area contributed by atoms with Gasteiger partial charge < -0.3 is 29.9 Å². The zero-order valence-corrected chi connectivity index (χ0v) is 21.5. The molecule has 1 atom stereocenters. The van der Waals surface area contributed by atoms with Crippen molar-refractivity contribution in [3.63, 3.8) is 0 Å². The lowest BCUT2D eigenvalue weighted by Crippen LogP contribution is -2.60. The van der Waals surface area contributed by atoms with Crippen molar-refractivity contribution < 1.29 is 32.9 Å². The number of hydrogen-bond acceptors (Lipinski definition) is 9. The molecule has 11 heteroatoms. The molecule has 1 heterocycles. The van der Waals surface area contributed by atoms with Crippen LogP contribution in [-0.2, 0) is 19.6 Å². The minimum atomic E-state index is -3.64. The number of phenols is 1. The SMILES string of the molecule is CCCCN(CC(=O)OC)c1ccc(S(=O)(=O)N2CC(NCC(O)COc3ccc(O)cc3)C2)cc1. The third-order valence-corrected chi connectivity index (χ3v) is 7.78. The summed E-state index contributed by atoms with van der Waals surface area (Å²) in [5.41, 5.74) is 0.763. The number of nitrogens with one attached hydrogen (secondary N) is 1. The van der Waals surface area contributed by atoms with Gasteiger partial charge in [-0.15, -0.1) is 0 Å². The van der Waals surface area contributed by atoms with E-state index in [1.807, 2.05) is 4.90 Å². The van der Waals surface area contributed by atoms with Gasteiger partial charge in [0.15, 0.2) is 0 Å². The number of hydrogen-bond donors (Lipinski definition) is 3. The molecule has 0 aliphatic carbocycles.